The number of halogens is 7. The summed E-state index contributed by atoms with van der Waals surface area (Å²) in [5, 5.41) is -2.18. The number of alkyl halides is 7. The summed E-state index contributed by atoms with van der Waals surface area (Å²) in [6, 6.07) is 30.7. The van der Waals surface area contributed by atoms with Gasteiger partial charge in [-0.15, -0.1) is 0 Å². The van der Waals surface area contributed by atoms with Gasteiger partial charge in [0, 0.05) is 0 Å². The van der Waals surface area contributed by atoms with Gasteiger partial charge in [-0.3, -0.25) is 4.55 Å². The van der Waals surface area contributed by atoms with E-state index < -0.39 is 47.7 Å². The fourth-order valence-electron chi connectivity index (χ4n) is 3.55. The number of rotatable bonds is 10. The van der Waals surface area contributed by atoms with E-state index in [0.717, 1.165) is 0 Å². The van der Waals surface area contributed by atoms with Gasteiger partial charge in [0.05, 0.1) is 7.92 Å². The minimum Gasteiger partial charge on any atom is -0.281 e. The Morgan fingerprint density at radius 3 is 1.56 bits per heavy atom. The molecule has 0 radical (unpaired) electrons. The maximum atomic E-state index is 13.0. The first-order valence-corrected chi connectivity index (χ1v) is 14.8. The Morgan fingerprint density at radius 2 is 1.18 bits per heavy atom. The molecule has 3 nitrogen and oxygen atoms in total. The van der Waals surface area contributed by atoms with E-state index in [-0.39, 0.29) is 12.8 Å². The largest absolute Gasteiger partial charge is 0.438 e. The lowest BCUT2D eigenvalue weighted by Crippen LogP contribution is -2.61. The summed E-state index contributed by atoms with van der Waals surface area (Å²) in [4.78, 5) is 0. The summed E-state index contributed by atoms with van der Waals surface area (Å²) >= 11 is 0. The summed E-state index contributed by atoms with van der Waals surface area (Å²) in [6.45, 7) is 3.55. The second kappa shape index (κ2) is 13.2. The molecular weight excluding hydrogens is 568 g/mol. The topological polar surface area (TPSA) is 54.4 Å². The first-order chi connectivity index (χ1) is 18.1. The lowest BCUT2D eigenvalue weighted by Gasteiger charge is -2.32. The molecule has 0 fully saturated rings. The van der Waals surface area contributed by atoms with Crippen LogP contribution in [0.5, 0.6) is 0 Å². The van der Waals surface area contributed by atoms with Crippen LogP contribution >= 0.6 is 7.92 Å². The van der Waals surface area contributed by atoms with Crippen LogP contribution < -0.4 is 15.9 Å². The van der Waals surface area contributed by atoms with Gasteiger partial charge in [-0.25, -0.2) is 4.39 Å². The Balaban J connectivity index is 0.000000274. The third kappa shape index (κ3) is 7.58. The van der Waals surface area contributed by atoms with Crippen LogP contribution in [0.15, 0.2) is 84.9 Å². The Labute approximate surface area is 224 Å². The highest BCUT2D eigenvalue weighted by Crippen LogP contribution is 2.50. The molecular formula is C27H29F7O3PS+. The molecule has 0 saturated heterocycles. The molecule has 12 heteroatoms. The number of unbranched alkanes of at least 4 members (excludes halogenated alkanes) is 1. The van der Waals surface area contributed by atoms with Gasteiger partial charge in [0.2, 0.25) is 0 Å². The van der Waals surface area contributed by atoms with E-state index in [1.165, 1.54) is 28.4 Å². The summed E-state index contributed by atoms with van der Waals surface area (Å²) in [6.07, 6.45) is -4.98. The van der Waals surface area contributed by atoms with Crippen LogP contribution in [0.1, 0.15) is 31.7 Å². The van der Waals surface area contributed by atoms with E-state index in [1.54, 1.807) is 0 Å². The van der Waals surface area contributed by atoms with Crippen molar-refractivity contribution in [1.29, 1.82) is 0 Å². The van der Waals surface area contributed by atoms with Gasteiger partial charge >= 0.3 is 27.2 Å². The first-order valence-electron chi connectivity index (χ1n) is 11.9. The molecule has 0 bridgehead atoms. The summed E-state index contributed by atoms with van der Waals surface area (Å²) in [5.41, 5.74) is 1.32. The van der Waals surface area contributed by atoms with Crippen LogP contribution in [0.25, 0.3) is 0 Å². The Kier molecular flexibility index (Phi) is 11.1. The third-order valence-corrected chi connectivity index (χ3v) is 9.41. The van der Waals surface area contributed by atoms with E-state index in [1.807, 2.05) is 0 Å². The molecule has 0 aliphatic carbocycles. The van der Waals surface area contributed by atoms with Crippen molar-refractivity contribution in [3.05, 3.63) is 90.5 Å². The molecule has 0 aromatic heterocycles. The van der Waals surface area contributed by atoms with Crippen molar-refractivity contribution in [2.45, 2.75) is 56.4 Å². The number of benzene rings is 3. The van der Waals surface area contributed by atoms with Crippen LogP contribution in [-0.2, 0) is 10.1 Å². The monoisotopic (exact) mass is 597 g/mol. The van der Waals surface area contributed by atoms with Gasteiger partial charge in [0.1, 0.15) is 15.9 Å². The second-order valence-corrected chi connectivity index (χ2v) is 12.7. The molecule has 214 valence electrons. The normalized spacial score (nSPS) is 13.5. The van der Waals surface area contributed by atoms with Crippen LogP contribution in [0.2, 0.25) is 0 Å². The van der Waals surface area contributed by atoms with Crippen molar-refractivity contribution in [1.82, 2.24) is 0 Å². The predicted molar refractivity (Wildman–Crippen MR) is 142 cm³/mol. The highest BCUT2D eigenvalue weighted by Gasteiger charge is 2.79. The van der Waals surface area contributed by atoms with Gasteiger partial charge in [-0.05, 0) is 49.7 Å². The highest BCUT2D eigenvalue weighted by atomic mass is 32.2. The molecule has 0 heterocycles. The molecule has 3 rings (SSSR count). The van der Waals surface area contributed by atoms with E-state index in [9.17, 15) is 39.2 Å². The Hall–Kier alpha value is -2.49. The van der Waals surface area contributed by atoms with Gasteiger partial charge in [-0.2, -0.15) is 34.8 Å². The molecule has 0 aliphatic rings. The fourth-order valence-corrected chi connectivity index (χ4v) is 6.56. The van der Waals surface area contributed by atoms with Crippen LogP contribution in [-0.4, -0.2) is 36.2 Å². The molecule has 0 amide bonds. The van der Waals surface area contributed by atoms with E-state index in [4.69, 9.17) is 4.55 Å². The summed E-state index contributed by atoms with van der Waals surface area (Å²) in [5.74, 6) is -12.5. The molecule has 0 saturated carbocycles. The third-order valence-electron chi connectivity index (χ3n) is 5.78. The van der Waals surface area contributed by atoms with Crippen LogP contribution in [0, 0.1) is 6.92 Å². The van der Waals surface area contributed by atoms with Crippen molar-refractivity contribution < 1.29 is 43.7 Å². The fraction of sp³-hybridized carbons (Fsp3) is 0.333. The Morgan fingerprint density at radius 1 is 0.769 bits per heavy atom. The standard InChI is InChI=1S/C19H17P.C8H11F7O3S/c1-16-12-14-19(15-13-16)20(17-8-4-2-5-9-17)18-10-6-3-7-11-18;1-2-3-4-5(9)6(10,11)7(12,13)8(14,15)19(16,17)18/h2-15H,1H3;5H,2-4H2,1H3,(H,16,17,18)/p+1. The molecule has 39 heavy (non-hydrogen) atoms. The van der Waals surface area contributed by atoms with Gasteiger partial charge < -0.3 is 0 Å². The van der Waals surface area contributed by atoms with E-state index >= 15 is 0 Å². The van der Waals surface area contributed by atoms with E-state index in [2.05, 4.69) is 91.9 Å². The van der Waals surface area contributed by atoms with E-state index in [0.29, 0.717) is 0 Å². The zero-order valence-electron chi connectivity index (χ0n) is 21.1. The summed E-state index contributed by atoms with van der Waals surface area (Å²) in [7, 11) is -7.72. The molecule has 0 spiro atoms. The van der Waals surface area contributed by atoms with Crippen molar-refractivity contribution in [2.75, 3.05) is 0 Å². The van der Waals surface area contributed by atoms with Crippen molar-refractivity contribution in [2.24, 2.45) is 0 Å². The van der Waals surface area contributed by atoms with Gasteiger partial charge in [-0.1, -0.05) is 73.9 Å². The average Bonchev–Trinajstić information content (AvgIpc) is 2.89. The maximum absolute atomic E-state index is 13.0. The first kappa shape index (κ1) is 32.7. The minimum absolute atomic E-state index is 0.136. The molecule has 1 unspecified atom stereocenters. The number of hydrogen-bond acceptors (Lipinski definition) is 2. The minimum atomic E-state index is -6.83. The molecule has 1 N–H and O–H groups in total. The average molecular weight is 598 g/mol. The summed E-state index contributed by atoms with van der Waals surface area (Å²) < 4.78 is 118. The van der Waals surface area contributed by atoms with Crippen molar-refractivity contribution >= 4 is 34.0 Å². The number of hydrogen-bond donors (Lipinski definition) is 1. The molecule has 0 aliphatic heterocycles. The smallest absolute Gasteiger partial charge is 0.281 e. The zero-order valence-corrected chi connectivity index (χ0v) is 22.9. The molecule has 1 atom stereocenters. The number of aryl methyl sites for hydroxylation is 1. The van der Waals surface area contributed by atoms with Gasteiger partial charge in [0.15, 0.2) is 6.17 Å². The van der Waals surface area contributed by atoms with Gasteiger partial charge in [0.25, 0.3) is 0 Å². The zero-order chi connectivity index (χ0) is 29.5. The maximum Gasteiger partial charge on any atom is 0.438 e. The van der Waals surface area contributed by atoms with Crippen molar-refractivity contribution in [3.8, 4) is 0 Å². The lowest BCUT2D eigenvalue weighted by atomic mass is 10.0. The predicted octanol–water partition coefficient (Wildman–Crippen LogP) is 6.75. The Bertz CT molecular complexity index is 1230. The second-order valence-electron chi connectivity index (χ2n) is 8.77. The SMILES string of the molecule is CCCCC(F)C(F)(F)C(F)(F)C(F)(F)S(=O)(=O)O.Cc1ccc([PH+](c2ccccc2)c2ccccc2)cc1. The van der Waals surface area contributed by atoms with Crippen LogP contribution in [0.3, 0.4) is 0 Å². The lowest BCUT2D eigenvalue weighted by molar-refractivity contribution is -0.300. The molecule has 3 aromatic rings. The van der Waals surface area contributed by atoms with Crippen LogP contribution in [0.4, 0.5) is 30.7 Å². The highest BCUT2D eigenvalue weighted by molar-refractivity contribution is 7.87. The van der Waals surface area contributed by atoms with Crippen molar-refractivity contribution in [3.63, 3.8) is 0 Å². The molecule has 3 aromatic carbocycles. The quantitative estimate of drug-likeness (QED) is 0.160.